The zero-order chi connectivity index (χ0) is 9.26. The minimum Gasteiger partial charge on any atom is -0.481 e. The number of nitrogens with zero attached hydrogens (tertiary/aromatic N) is 1. The van der Waals surface area contributed by atoms with Gasteiger partial charge in [0.05, 0.1) is 19.1 Å². The molecule has 4 nitrogen and oxygen atoms in total. The van der Waals surface area contributed by atoms with Crippen molar-refractivity contribution in [2.75, 3.05) is 19.7 Å². The molecule has 0 amide bonds. The molecular formula is C9H15NO3. The summed E-state index contributed by atoms with van der Waals surface area (Å²) in [4.78, 5) is 12.6. The molecule has 0 atom stereocenters. The number of aliphatic carboxylic acids is 1. The molecule has 4 heteroatoms. The molecule has 0 radical (unpaired) electrons. The van der Waals surface area contributed by atoms with Gasteiger partial charge in [0, 0.05) is 19.1 Å². The van der Waals surface area contributed by atoms with Crippen molar-refractivity contribution in [3.8, 4) is 0 Å². The molecule has 0 aromatic rings. The molecule has 0 spiro atoms. The Morgan fingerprint density at radius 2 is 2.15 bits per heavy atom. The first kappa shape index (κ1) is 8.97. The Labute approximate surface area is 77.5 Å². The molecule has 13 heavy (non-hydrogen) atoms. The lowest BCUT2D eigenvalue weighted by molar-refractivity contribution is -0.139. The molecule has 1 aliphatic carbocycles. The molecule has 0 aromatic heterocycles. The van der Waals surface area contributed by atoms with Crippen LogP contribution in [0.25, 0.3) is 0 Å². The largest absolute Gasteiger partial charge is 0.481 e. The summed E-state index contributed by atoms with van der Waals surface area (Å²) in [7, 11) is 0. The maximum atomic E-state index is 10.2. The summed E-state index contributed by atoms with van der Waals surface area (Å²) < 4.78 is 5.37. The van der Waals surface area contributed by atoms with E-state index < -0.39 is 5.97 Å². The van der Waals surface area contributed by atoms with E-state index in [0.29, 0.717) is 12.7 Å². The van der Waals surface area contributed by atoms with Gasteiger partial charge in [-0.2, -0.15) is 0 Å². The van der Waals surface area contributed by atoms with Crippen LogP contribution in [0.3, 0.4) is 0 Å². The number of ether oxygens (including phenoxy) is 1. The van der Waals surface area contributed by atoms with E-state index in [0.717, 1.165) is 19.1 Å². The first-order valence-electron chi connectivity index (χ1n) is 4.83. The molecule has 2 aliphatic rings. The molecular weight excluding hydrogens is 170 g/mol. The summed E-state index contributed by atoms with van der Waals surface area (Å²) >= 11 is 0. The van der Waals surface area contributed by atoms with Crippen molar-refractivity contribution in [1.82, 2.24) is 4.90 Å². The number of rotatable bonds is 5. The minimum absolute atomic E-state index is 0.125. The van der Waals surface area contributed by atoms with Gasteiger partial charge in [0.15, 0.2) is 0 Å². The van der Waals surface area contributed by atoms with Crippen molar-refractivity contribution in [2.24, 2.45) is 0 Å². The van der Waals surface area contributed by atoms with Gasteiger partial charge in [0.1, 0.15) is 0 Å². The van der Waals surface area contributed by atoms with Gasteiger partial charge in [-0.1, -0.05) is 0 Å². The van der Waals surface area contributed by atoms with E-state index >= 15 is 0 Å². The molecule has 74 valence electrons. The van der Waals surface area contributed by atoms with Crippen molar-refractivity contribution in [2.45, 2.75) is 31.4 Å². The fourth-order valence-corrected chi connectivity index (χ4v) is 1.63. The predicted octanol–water partition coefficient (Wildman–Crippen LogP) is 0.324. The number of likely N-dealkylation sites (tertiary alicyclic amines) is 1. The van der Waals surface area contributed by atoms with Gasteiger partial charge >= 0.3 is 5.97 Å². The Morgan fingerprint density at radius 3 is 2.69 bits per heavy atom. The normalized spacial score (nSPS) is 24.3. The fourth-order valence-electron chi connectivity index (χ4n) is 1.63. The van der Waals surface area contributed by atoms with E-state index in [1.54, 1.807) is 0 Å². The van der Waals surface area contributed by atoms with Crippen LogP contribution in [-0.2, 0) is 9.53 Å². The molecule has 1 saturated heterocycles. The van der Waals surface area contributed by atoms with E-state index in [1.165, 1.54) is 12.8 Å². The third-order valence-electron chi connectivity index (χ3n) is 2.61. The van der Waals surface area contributed by atoms with Gasteiger partial charge in [-0.3, -0.25) is 9.69 Å². The maximum Gasteiger partial charge on any atom is 0.305 e. The monoisotopic (exact) mass is 185 g/mol. The molecule has 1 saturated carbocycles. The average molecular weight is 185 g/mol. The Morgan fingerprint density at radius 1 is 1.46 bits per heavy atom. The van der Waals surface area contributed by atoms with Gasteiger partial charge in [0.2, 0.25) is 0 Å². The Kier molecular flexibility index (Phi) is 2.51. The molecule has 0 aromatic carbocycles. The van der Waals surface area contributed by atoms with Gasteiger partial charge in [-0.25, -0.2) is 0 Å². The van der Waals surface area contributed by atoms with Gasteiger partial charge in [-0.15, -0.1) is 0 Å². The Bertz CT molecular complexity index is 197. The highest BCUT2D eigenvalue weighted by Gasteiger charge is 2.38. The van der Waals surface area contributed by atoms with E-state index in [2.05, 4.69) is 4.90 Å². The Hall–Kier alpha value is -0.610. The predicted molar refractivity (Wildman–Crippen MR) is 46.6 cm³/mol. The van der Waals surface area contributed by atoms with Crippen molar-refractivity contribution >= 4 is 5.97 Å². The standard InChI is InChI=1S/C9H15NO3/c11-9(12)3-4-13-8-5-10(6-8)7-1-2-7/h7-8H,1-6H2,(H,11,12). The SMILES string of the molecule is O=C(O)CCOC1CN(C2CC2)C1. The lowest BCUT2D eigenvalue weighted by Gasteiger charge is -2.39. The third-order valence-corrected chi connectivity index (χ3v) is 2.61. The van der Waals surface area contributed by atoms with Crippen molar-refractivity contribution in [1.29, 1.82) is 0 Å². The lowest BCUT2D eigenvalue weighted by atomic mass is 10.1. The number of carbonyl (C=O) groups is 1. The summed E-state index contributed by atoms with van der Waals surface area (Å²) in [5.41, 5.74) is 0. The fraction of sp³-hybridized carbons (Fsp3) is 0.889. The van der Waals surface area contributed by atoms with Crippen molar-refractivity contribution < 1.29 is 14.6 Å². The van der Waals surface area contributed by atoms with Gasteiger partial charge in [-0.05, 0) is 12.8 Å². The Balaban J connectivity index is 1.51. The number of hydrogen-bond donors (Lipinski definition) is 1. The van der Waals surface area contributed by atoms with Crippen LogP contribution in [0.5, 0.6) is 0 Å². The second-order valence-electron chi connectivity index (χ2n) is 3.82. The molecule has 0 unspecified atom stereocenters. The summed E-state index contributed by atoms with van der Waals surface area (Å²) in [6.07, 6.45) is 3.09. The smallest absolute Gasteiger partial charge is 0.305 e. The zero-order valence-electron chi connectivity index (χ0n) is 7.61. The molecule has 1 N–H and O–H groups in total. The van der Waals surface area contributed by atoms with E-state index in [1.807, 2.05) is 0 Å². The van der Waals surface area contributed by atoms with Crippen molar-refractivity contribution in [3.05, 3.63) is 0 Å². The molecule has 1 aliphatic heterocycles. The maximum absolute atomic E-state index is 10.2. The van der Waals surface area contributed by atoms with Crippen LogP contribution >= 0.6 is 0 Å². The van der Waals surface area contributed by atoms with Gasteiger partial charge in [0.25, 0.3) is 0 Å². The van der Waals surface area contributed by atoms with E-state index in [9.17, 15) is 4.79 Å². The number of hydrogen-bond acceptors (Lipinski definition) is 3. The van der Waals surface area contributed by atoms with Crippen LogP contribution in [0.1, 0.15) is 19.3 Å². The van der Waals surface area contributed by atoms with Crippen LogP contribution in [0, 0.1) is 0 Å². The summed E-state index contributed by atoms with van der Waals surface area (Å²) in [6.45, 7) is 2.37. The van der Waals surface area contributed by atoms with Crippen molar-refractivity contribution in [3.63, 3.8) is 0 Å². The molecule has 1 heterocycles. The summed E-state index contributed by atoms with van der Waals surface area (Å²) in [6, 6.07) is 0.819. The second kappa shape index (κ2) is 3.64. The van der Waals surface area contributed by atoms with Gasteiger partial charge < -0.3 is 9.84 Å². The topological polar surface area (TPSA) is 49.8 Å². The first-order chi connectivity index (χ1) is 6.25. The van der Waals surface area contributed by atoms with Crippen LogP contribution in [0.2, 0.25) is 0 Å². The van der Waals surface area contributed by atoms with E-state index in [-0.39, 0.29) is 6.42 Å². The van der Waals surface area contributed by atoms with Crippen LogP contribution in [-0.4, -0.2) is 47.8 Å². The molecule has 2 fully saturated rings. The number of carboxylic acid groups (broad SMARTS) is 1. The first-order valence-corrected chi connectivity index (χ1v) is 4.83. The van der Waals surface area contributed by atoms with Crippen LogP contribution in [0.4, 0.5) is 0 Å². The lowest BCUT2D eigenvalue weighted by Crippen LogP contribution is -2.53. The zero-order valence-corrected chi connectivity index (χ0v) is 7.61. The highest BCUT2D eigenvalue weighted by atomic mass is 16.5. The average Bonchev–Trinajstić information content (AvgIpc) is 2.75. The minimum atomic E-state index is -0.779. The van der Waals surface area contributed by atoms with E-state index in [4.69, 9.17) is 9.84 Å². The van der Waals surface area contributed by atoms with Crippen LogP contribution in [0.15, 0.2) is 0 Å². The van der Waals surface area contributed by atoms with Crippen LogP contribution < -0.4 is 0 Å². The molecule has 0 bridgehead atoms. The second-order valence-corrected chi connectivity index (χ2v) is 3.82. The highest BCUT2D eigenvalue weighted by molar-refractivity contribution is 5.66. The highest BCUT2D eigenvalue weighted by Crippen LogP contribution is 2.31. The number of carboxylic acids is 1. The summed E-state index contributed by atoms with van der Waals surface area (Å²) in [5, 5.41) is 8.38. The third kappa shape index (κ3) is 2.42. The quantitative estimate of drug-likeness (QED) is 0.670. The molecule has 2 rings (SSSR count). The summed E-state index contributed by atoms with van der Waals surface area (Å²) in [5.74, 6) is -0.779.